The van der Waals surface area contributed by atoms with Crippen LogP contribution in [0.5, 0.6) is 11.5 Å². The predicted octanol–water partition coefficient (Wildman–Crippen LogP) is 7.15. The molecule has 3 aromatic carbocycles. The fourth-order valence-electron chi connectivity index (χ4n) is 4.04. The van der Waals surface area contributed by atoms with Crippen LogP contribution in [0, 0.1) is 0 Å². The van der Waals surface area contributed by atoms with Crippen LogP contribution in [-0.2, 0) is 16.6 Å². The van der Waals surface area contributed by atoms with Crippen molar-refractivity contribution in [3.8, 4) is 11.5 Å². The Morgan fingerprint density at radius 3 is 1.71 bits per heavy atom. The maximum atomic E-state index is 13.0. The number of rotatable bonds is 9. The molecule has 38 heavy (non-hydrogen) atoms. The number of hydrogen-bond donors (Lipinski definition) is 1. The molecule has 0 spiro atoms. The van der Waals surface area contributed by atoms with Gasteiger partial charge in [-0.25, -0.2) is 4.79 Å². The smallest absolute Gasteiger partial charge is 0.447 e. The average molecular weight is 541 g/mol. The summed E-state index contributed by atoms with van der Waals surface area (Å²) >= 11 is 0. The van der Waals surface area contributed by atoms with Gasteiger partial charge in [0.05, 0.1) is 6.10 Å². The lowest BCUT2D eigenvalue weighted by Gasteiger charge is -2.36. The van der Waals surface area contributed by atoms with E-state index in [4.69, 9.17) is 4.74 Å². The standard InChI is InChI=1S/C27H25F6NO4/c1-18(2)36-24(35)34-17-25(16-19-8-4-3-5-9-19,20-10-6-12-22(14-20)37-26(28,29)30)21-11-7-13-23(15-21)38-27(31,32)33/h3-15,18H,16-17H2,1-2H3,(H,34,35). The molecule has 5 nitrogen and oxygen atoms in total. The lowest BCUT2D eigenvalue weighted by Crippen LogP contribution is -2.44. The second kappa shape index (κ2) is 11.7. The number of alkyl carbamates (subject to hydrolysis) is 1. The molecule has 0 saturated carbocycles. The van der Waals surface area contributed by atoms with Gasteiger partial charge in [0.1, 0.15) is 11.5 Å². The molecule has 3 aromatic rings. The van der Waals surface area contributed by atoms with Crippen LogP contribution in [0.3, 0.4) is 0 Å². The minimum absolute atomic E-state index is 0.0841. The van der Waals surface area contributed by atoms with E-state index in [1.165, 1.54) is 24.3 Å². The van der Waals surface area contributed by atoms with Crippen molar-refractivity contribution in [2.45, 2.75) is 44.5 Å². The van der Waals surface area contributed by atoms with Gasteiger partial charge in [-0.1, -0.05) is 54.6 Å². The van der Waals surface area contributed by atoms with Gasteiger partial charge < -0.3 is 19.5 Å². The lowest BCUT2D eigenvalue weighted by atomic mass is 9.70. The average Bonchev–Trinajstić information content (AvgIpc) is 2.80. The highest BCUT2D eigenvalue weighted by molar-refractivity contribution is 5.68. The monoisotopic (exact) mass is 541 g/mol. The number of carbonyl (C=O) groups is 1. The summed E-state index contributed by atoms with van der Waals surface area (Å²) in [5.41, 5.74) is -0.169. The molecule has 0 aliphatic carbocycles. The number of benzene rings is 3. The number of ether oxygens (including phenoxy) is 3. The van der Waals surface area contributed by atoms with Gasteiger partial charge in [-0.05, 0) is 61.2 Å². The summed E-state index contributed by atoms with van der Waals surface area (Å²) in [5.74, 6) is -1.06. The molecule has 0 bridgehead atoms. The number of alkyl halides is 6. The van der Waals surface area contributed by atoms with E-state index >= 15 is 0 Å². The van der Waals surface area contributed by atoms with Crippen LogP contribution in [0.2, 0.25) is 0 Å². The lowest BCUT2D eigenvalue weighted by molar-refractivity contribution is -0.275. The fraction of sp³-hybridized carbons (Fsp3) is 0.296. The Labute approximate surface area is 215 Å². The number of carbonyl (C=O) groups excluding carboxylic acids is 1. The molecule has 0 saturated heterocycles. The zero-order valence-corrected chi connectivity index (χ0v) is 20.4. The molecule has 0 radical (unpaired) electrons. The van der Waals surface area contributed by atoms with E-state index < -0.39 is 41.8 Å². The number of hydrogen-bond acceptors (Lipinski definition) is 4. The summed E-state index contributed by atoms with van der Waals surface area (Å²) in [5, 5.41) is 2.62. The number of amides is 1. The topological polar surface area (TPSA) is 56.8 Å². The highest BCUT2D eigenvalue weighted by atomic mass is 19.4. The van der Waals surface area contributed by atoms with Crippen LogP contribution in [0.1, 0.15) is 30.5 Å². The van der Waals surface area contributed by atoms with Crippen molar-refractivity contribution in [3.63, 3.8) is 0 Å². The van der Waals surface area contributed by atoms with Crippen LogP contribution in [0.15, 0.2) is 78.9 Å². The molecule has 0 aliphatic heterocycles. The SMILES string of the molecule is CC(C)OC(=O)NCC(Cc1ccccc1)(c1cccc(OC(F)(F)F)c1)c1cccc(OC(F)(F)F)c1. The van der Waals surface area contributed by atoms with Crippen molar-refractivity contribution in [3.05, 3.63) is 95.6 Å². The Morgan fingerprint density at radius 2 is 1.26 bits per heavy atom. The number of halogens is 6. The van der Waals surface area contributed by atoms with Crippen molar-refractivity contribution in [1.82, 2.24) is 5.32 Å². The molecular weight excluding hydrogens is 516 g/mol. The highest BCUT2D eigenvalue weighted by Gasteiger charge is 2.38. The molecule has 0 aromatic heterocycles. The molecule has 204 valence electrons. The first kappa shape index (κ1) is 28.7. The summed E-state index contributed by atoms with van der Waals surface area (Å²) in [7, 11) is 0. The summed E-state index contributed by atoms with van der Waals surface area (Å²) in [6.07, 6.45) is -11.1. The van der Waals surface area contributed by atoms with Gasteiger partial charge in [0.2, 0.25) is 0 Å². The number of nitrogens with one attached hydrogen (secondary N) is 1. The van der Waals surface area contributed by atoms with Crippen LogP contribution in [0.25, 0.3) is 0 Å². The van der Waals surface area contributed by atoms with Gasteiger partial charge in [0.25, 0.3) is 0 Å². The molecule has 0 fully saturated rings. The minimum atomic E-state index is -4.97. The third kappa shape index (κ3) is 8.32. The molecule has 0 heterocycles. The van der Waals surface area contributed by atoms with Gasteiger partial charge in [0, 0.05) is 12.0 Å². The Hall–Kier alpha value is -3.89. The first-order chi connectivity index (χ1) is 17.8. The third-order valence-corrected chi connectivity index (χ3v) is 5.47. The Morgan fingerprint density at radius 1 is 0.763 bits per heavy atom. The van der Waals surface area contributed by atoms with E-state index in [-0.39, 0.29) is 24.1 Å². The Balaban J connectivity index is 2.21. The summed E-state index contributed by atoms with van der Waals surface area (Å²) < 4.78 is 91.4. The largest absolute Gasteiger partial charge is 0.573 e. The van der Waals surface area contributed by atoms with Crippen LogP contribution < -0.4 is 14.8 Å². The summed E-state index contributed by atoms with van der Waals surface area (Å²) in [6, 6.07) is 18.9. The van der Waals surface area contributed by atoms with Gasteiger partial charge >= 0.3 is 18.8 Å². The molecule has 3 rings (SSSR count). The van der Waals surface area contributed by atoms with E-state index in [1.54, 1.807) is 44.2 Å². The Kier molecular flexibility index (Phi) is 8.80. The second-order valence-electron chi connectivity index (χ2n) is 8.70. The van der Waals surface area contributed by atoms with Gasteiger partial charge in [-0.15, -0.1) is 26.3 Å². The first-order valence-electron chi connectivity index (χ1n) is 11.5. The van der Waals surface area contributed by atoms with E-state index in [1.807, 2.05) is 0 Å². The zero-order valence-electron chi connectivity index (χ0n) is 20.4. The maximum Gasteiger partial charge on any atom is 0.573 e. The van der Waals surface area contributed by atoms with Crippen LogP contribution in [0.4, 0.5) is 31.1 Å². The van der Waals surface area contributed by atoms with Gasteiger partial charge in [-0.3, -0.25) is 0 Å². The molecule has 11 heteroatoms. The van der Waals surface area contributed by atoms with Gasteiger partial charge in [-0.2, -0.15) is 0 Å². The summed E-state index contributed by atoms with van der Waals surface area (Å²) in [4.78, 5) is 12.4. The zero-order chi connectivity index (χ0) is 28.0. The molecule has 0 unspecified atom stereocenters. The predicted molar refractivity (Wildman–Crippen MR) is 127 cm³/mol. The summed E-state index contributed by atoms with van der Waals surface area (Å²) in [6.45, 7) is 3.03. The Bertz CT molecular complexity index is 1150. The molecule has 0 atom stereocenters. The second-order valence-corrected chi connectivity index (χ2v) is 8.70. The van der Waals surface area contributed by atoms with E-state index in [0.29, 0.717) is 5.56 Å². The van der Waals surface area contributed by atoms with Crippen molar-refractivity contribution in [2.75, 3.05) is 6.54 Å². The maximum absolute atomic E-state index is 13.0. The van der Waals surface area contributed by atoms with Crippen LogP contribution >= 0.6 is 0 Å². The van der Waals surface area contributed by atoms with Gasteiger partial charge in [0.15, 0.2) is 0 Å². The normalized spacial score (nSPS) is 12.2. The van der Waals surface area contributed by atoms with E-state index in [0.717, 1.165) is 24.3 Å². The molecular formula is C27H25F6NO4. The van der Waals surface area contributed by atoms with Crippen molar-refractivity contribution in [1.29, 1.82) is 0 Å². The van der Waals surface area contributed by atoms with Crippen molar-refractivity contribution < 1.29 is 45.3 Å². The van der Waals surface area contributed by atoms with Crippen molar-refractivity contribution >= 4 is 6.09 Å². The van der Waals surface area contributed by atoms with Crippen molar-refractivity contribution in [2.24, 2.45) is 0 Å². The quantitative estimate of drug-likeness (QED) is 0.293. The highest BCUT2D eigenvalue weighted by Crippen LogP contribution is 2.39. The van der Waals surface area contributed by atoms with Crippen LogP contribution in [-0.4, -0.2) is 31.5 Å². The van der Waals surface area contributed by atoms with E-state index in [9.17, 15) is 31.1 Å². The molecule has 0 aliphatic rings. The van der Waals surface area contributed by atoms with E-state index in [2.05, 4.69) is 14.8 Å². The molecule has 1 N–H and O–H groups in total. The fourth-order valence-corrected chi connectivity index (χ4v) is 4.04. The molecule has 1 amide bonds. The minimum Gasteiger partial charge on any atom is -0.447 e. The third-order valence-electron chi connectivity index (χ3n) is 5.47. The first-order valence-corrected chi connectivity index (χ1v) is 11.5.